The average Bonchev–Trinajstić information content (AvgIpc) is 2.59. The number of carboxylic acids is 1. The van der Waals surface area contributed by atoms with E-state index < -0.39 is 12.6 Å². The summed E-state index contributed by atoms with van der Waals surface area (Å²) in [6, 6.07) is 3.76. The lowest BCUT2D eigenvalue weighted by molar-refractivity contribution is -0.142. The second kappa shape index (κ2) is 5.06. The first-order valence-electron chi connectivity index (χ1n) is 4.26. The minimum atomic E-state index is -1.03. The molecule has 1 aromatic rings. The summed E-state index contributed by atoms with van der Waals surface area (Å²) in [4.78, 5) is 14.6. The Hall–Kier alpha value is -1.78. The summed E-state index contributed by atoms with van der Waals surface area (Å²) in [6.45, 7) is 2.44. The SMILES string of the molecule is CCn1cccc1/C=N\OCC(=O)O. The summed E-state index contributed by atoms with van der Waals surface area (Å²) in [5, 5.41) is 11.8. The molecule has 0 aliphatic rings. The van der Waals surface area contributed by atoms with Crippen molar-refractivity contribution in [2.24, 2.45) is 5.16 Å². The van der Waals surface area contributed by atoms with Crippen LogP contribution >= 0.6 is 0 Å². The van der Waals surface area contributed by atoms with E-state index in [1.807, 2.05) is 29.8 Å². The van der Waals surface area contributed by atoms with Gasteiger partial charge in [0.1, 0.15) is 0 Å². The molecule has 5 nitrogen and oxygen atoms in total. The summed E-state index contributed by atoms with van der Waals surface area (Å²) in [7, 11) is 0. The number of carbonyl (C=O) groups is 1. The molecule has 0 saturated carbocycles. The average molecular weight is 196 g/mol. The largest absolute Gasteiger partial charge is 0.479 e. The third-order valence-corrected chi connectivity index (χ3v) is 1.65. The molecule has 0 amide bonds. The van der Waals surface area contributed by atoms with Crippen LogP contribution in [0.15, 0.2) is 23.5 Å². The van der Waals surface area contributed by atoms with Crippen molar-refractivity contribution < 1.29 is 14.7 Å². The number of aromatic nitrogens is 1. The molecule has 0 bridgehead atoms. The lowest BCUT2D eigenvalue weighted by Gasteiger charge is -1.99. The van der Waals surface area contributed by atoms with Crippen LogP contribution < -0.4 is 0 Å². The van der Waals surface area contributed by atoms with Crippen molar-refractivity contribution in [3.63, 3.8) is 0 Å². The van der Waals surface area contributed by atoms with Crippen LogP contribution in [0.5, 0.6) is 0 Å². The van der Waals surface area contributed by atoms with Crippen LogP contribution in [0.2, 0.25) is 0 Å². The molecule has 0 aliphatic carbocycles. The zero-order valence-corrected chi connectivity index (χ0v) is 7.88. The van der Waals surface area contributed by atoms with Gasteiger partial charge in [-0.15, -0.1) is 0 Å². The van der Waals surface area contributed by atoms with E-state index in [4.69, 9.17) is 5.11 Å². The molecule has 0 aliphatic heterocycles. The molecule has 0 fully saturated rings. The topological polar surface area (TPSA) is 63.8 Å². The second-order valence-corrected chi connectivity index (χ2v) is 2.62. The highest BCUT2D eigenvalue weighted by Crippen LogP contribution is 1.98. The van der Waals surface area contributed by atoms with Crippen molar-refractivity contribution in [2.45, 2.75) is 13.5 Å². The molecule has 0 unspecified atom stereocenters. The molecule has 0 spiro atoms. The molecule has 1 heterocycles. The predicted molar refractivity (Wildman–Crippen MR) is 51.3 cm³/mol. The summed E-state index contributed by atoms with van der Waals surface area (Å²) in [5.41, 5.74) is 0.887. The standard InChI is InChI=1S/C9H12N2O3/c1-2-11-5-3-4-8(11)6-10-14-7-9(12)13/h3-6H,2,7H2,1H3,(H,12,13)/b10-6-. The predicted octanol–water partition coefficient (Wildman–Crippen LogP) is 0.943. The van der Waals surface area contributed by atoms with E-state index in [-0.39, 0.29) is 0 Å². The highest BCUT2D eigenvalue weighted by atomic mass is 16.6. The van der Waals surface area contributed by atoms with Crippen molar-refractivity contribution in [1.29, 1.82) is 0 Å². The summed E-state index contributed by atoms with van der Waals surface area (Å²) in [5.74, 6) is -1.03. The third kappa shape index (κ3) is 2.93. The van der Waals surface area contributed by atoms with Gasteiger partial charge in [0.2, 0.25) is 6.61 Å². The normalized spacial score (nSPS) is 10.6. The fourth-order valence-electron chi connectivity index (χ4n) is 1.02. The highest BCUT2D eigenvalue weighted by Gasteiger charge is 1.96. The Morgan fingerprint density at radius 2 is 2.57 bits per heavy atom. The Morgan fingerprint density at radius 3 is 3.21 bits per heavy atom. The van der Waals surface area contributed by atoms with Crippen LogP contribution in [0.25, 0.3) is 0 Å². The van der Waals surface area contributed by atoms with Gasteiger partial charge in [0.05, 0.1) is 11.9 Å². The Kier molecular flexibility index (Phi) is 3.72. The van der Waals surface area contributed by atoms with Crippen molar-refractivity contribution in [3.05, 3.63) is 24.0 Å². The Bertz CT molecular complexity index is 331. The van der Waals surface area contributed by atoms with Crippen molar-refractivity contribution in [2.75, 3.05) is 6.61 Å². The summed E-state index contributed by atoms with van der Waals surface area (Å²) < 4.78 is 1.97. The van der Waals surface area contributed by atoms with Gasteiger partial charge in [-0.05, 0) is 19.1 Å². The van der Waals surface area contributed by atoms with Gasteiger partial charge in [-0.3, -0.25) is 0 Å². The molecule has 0 saturated heterocycles. The fourth-order valence-corrected chi connectivity index (χ4v) is 1.02. The highest BCUT2D eigenvalue weighted by molar-refractivity contribution is 5.77. The van der Waals surface area contributed by atoms with E-state index in [0.29, 0.717) is 0 Å². The minimum Gasteiger partial charge on any atom is -0.479 e. The smallest absolute Gasteiger partial charge is 0.344 e. The van der Waals surface area contributed by atoms with Gasteiger partial charge in [-0.1, -0.05) is 5.16 Å². The number of rotatable bonds is 5. The molecule has 1 aromatic heterocycles. The van der Waals surface area contributed by atoms with Gasteiger partial charge in [-0.2, -0.15) is 0 Å². The molecule has 1 N–H and O–H groups in total. The monoisotopic (exact) mass is 196 g/mol. The number of aryl methyl sites for hydroxylation is 1. The van der Waals surface area contributed by atoms with E-state index >= 15 is 0 Å². The van der Waals surface area contributed by atoms with Crippen molar-refractivity contribution in [3.8, 4) is 0 Å². The van der Waals surface area contributed by atoms with Crippen LogP contribution in [0.3, 0.4) is 0 Å². The molecule has 76 valence electrons. The van der Waals surface area contributed by atoms with Crippen molar-refractivity contribution in [1.82, 2.24) is 4.57 Å². The Labute approximate surface area is 81.6 Å². The first-order valence-corrected chi connectivity index (χ1v) is 4.26. The summed E-state index contributed by atoms with van der Waals surface area (Å²) >= 11 is 0. The van der Waals surface area contributed by atoms with Crippen LogP contribution in [-0.4, -0.2) is 28.5 Å². The third-order valence-electron chi connectivity index (χ3n) is 1.65. The number of carboxylic acid groups (broad SMARTS) is 1. The quantitative estimate of drug-likeness (QED) is 0.563. The maximum atomic E-state index is 10.1. The van der Waals surface area contributed by atoms with Crippen LogP contribution in [0.1, 0.15) is 12.6 Å². The first-order chi connectivity index (χ1) is 6.74. The van der Waals surface area contributed by atoms with Crippen LogP contribution in [0, 0.1) is 0 Å². The molecule has 5 heteroatoms. The van der Waals surface area contributed by atoms with Gasteiger partial charge < -0.3 is 14.5 Å². The van der Waals surface area contributed by atoms with Crippen molar-refractivity contribution >= 4 is 12.2 Å². The van der Waals surface area contributed by atoms with E-state index in [1.54, 1.807) is 0 Å². The molecule has 1 rings (SSSR count). The number of hydrogen-bond acceptors (Lipinski definition) is 3. The van der Waals surface area contributed by atoms with E-state index in [9.17, 15) is 4.79 Å². The zero-order valence-electron chi connectivity index (χ0n) is 7.88. The molecule has 0 aromatic carbocycles. The number of aliphatic carboxylic acids is 1. The molecule has 0 radical (unpaired) electrons. The van der Waals surface area contributed by atoms with Gasteiger partial charge in [0, 0.05) is 12.7 Å². The van der Waals surface area contributed by atoms with Gasteiger partial charge >= 0.3 is 5.97 Å². The maximum absolute atomic E-state index is 10.1. The molecule has 0 atom stereocenters. The Balaban J connectivity index is 2.47. The lowest BCUT2D eigenvalue weighted by atomic mass is 10.4. The molecular weight excluding hydrogens is 184 g/mol. The summed E-state index contributed by atoms with van der Waals surface area (Å²) in [6.07, 6.45) is 3.41. The molecule has 14 heavy (non-hydrogen) atoms. The van der Waals surface area contributed by atoms with Crippen LogP contribution in [0.4, 0.5) is 0 Å². The van der Waals surface area contributed by atoms with Crippen LogP contribution in [-0.2, 0) is 16.2 Å². The minimum absolute atomic E-state index is 0.413. The van der Waals surface area contributed by atoms with Gasteiger partial charge in [0.25, 0.3) is 0 Å². The number of nitrogens with zero attached hydrogens (tertiary/aromatic N) is 2. The zero-order chi connectivity index (χ0) is 10.4. The van der Waals surface area contributed by atoms with E-state index in [1.165, 1.54) is 6.21 Å². The van der Waals surface area contributed by atoms with E-state index in [0.717, 1.165) is 12.2 Å². The number of oxime groups is 1. The molecular formula is C9H12N2O3. The van der Waals surface area contributed by atoms with E-state index in [2.05, 4.69) is 9.99 Å². The van der Waals surface area contributed by atoms with Gasteiger partial charge in [0.15, 0.2) is 0 Å². The van der Waals surface area contributed by atoms with Gasteiger partial charge in [-0.25, -0.2) is 4.79 Å². The second-order valence-electron chi connectivity index (χ2n) is 2.62. The fraction of sp³-hybridized carbons (Fsp3) is 0.333. The first kappa shape index (κ1) is 10.3. The Morgan fingerprint density at radius 1 is 1.79 bits per heavy atom. The maximum Gasteiger partial charge on any atom is 0.344 e. The lowest BCUT2D eigenvalue weighted by Crippen LogP contribution is -2.04. The number of hydrogen-bond donors (Lipinski definition) is 1.